The number of rotatable bonds is 14. The van der Waals surface area contributed by atoms with Crippen LogP contribution in [0.25, 0.3) is 0 Å². The lowest BCUT2D eigenvalue weighted by atomic mass is 10.1. The number of hydrogen-bond donors (Lipinski definition) is 2. The van der Waals surface area contributed by atoms with E-state index in [-0.39, 0.29) is 5.91 Å². The summed E-state index contributed by atoms with van der Waals surface area (Å²) in [6.07, 6.45) is 9.81. The molecule has 0 atom stereocenters. The number of methoxy groups -OCH3 is 2. The van der Waals surface area contributed by atoms with Crippen LogP contribution < -0.4 is 11.1 Å². The first kappa shape index (κ1) is 27.4. The van der Waals surface area contributed by atoms with E-state index < -0.39 is 0 Å². The van der Waals surface area contributed by atoms with Crippen molar-refractivity contribution in [2.75, 3.05) is 46.9 Å². The zero-order valence-corrected chi connectivity index (χ0v) is 20.4. The number of ether oxygens (including phenoxy) is 2. The average Bonchev–Trinajstić information content (AvgIpc) is 2.82. The fourth-order valence-electron chi connectivity index (χ4n) is 3.51. The largest absolute Gasteiger partial charge is 0.493 e. The van der Waals surface area contributed by atoms with Crippen molar-refractivity contribution in [2.24, 2.45) is 5.73 Å². The fourth-order valence-corrected chi connectivity index (χ4v) is 3.51. The molecule has 1 heterocycles. The summed E-state index contributed by atoms with van der Waals surface area (Å²) in [5.74, 6) is 1.19. The van der Waals surface area contributed by atoms with E-state index >= 15 is 0 Å². The number of carbonyl (C=O) groups excluding carboxylic acids is 1. The van der Waals surface area contributed by atoms with Crippen LogP contribution in [0.4, 0.5) is 0 Å². The Hall–Kier alpha value is -2.67. The highest BCUT2D eigenvalue weighted by atomic mass is 16.5. The first-order valence-corrected chi connectivity index (χ1v) is 11.4. The number of carbonyl (C=O) groups is 1. The maximum Gasteiger partial charge on any atom is 0.224 e. The summed E-state index contributed by atoms with van der Waals surface area (Å²) in [5, 5.41) is 3.02. The highest BCUT2D eigenvalue weighted by molar-refractivity contribution is 5.77. The summed E-state index contributed by atoms with van der Waals surface area (Å²) in [6.45, 7) is 16.3. The van der Waals surface area contributed by atoms with Gasteiger partial charge in [0.1, 0.15) is 0 Å². The van der Waals surface area contributed by atoms with E-state index in [4.69, 9.17) is 15.2 Å². The first-order valence-electron chi connectivity index (χ1n) is 11.4. The van der Waals surface area contributed by atoms with Crippen molar-refractivity contribution in [1.29, 1.82) is 0 Å². The van der Waals surface area contributed by atoms with E-state index in [1.807, 2.05) is 26.0 Å². The zero-order valence-electron chi connectivity index (χ0n) is 20.4. The molecule has 1 saturated heterocycles. The highest BCUT2D eigenvalue weighted by Gasteiger charge is 2.19. The highest BCUT2D eigenvalue weighted by Crippen LogP contribution is 2.20. The molecule has 32 heavy (non-hydrogen) atoms. The minimum atomic E-state index is 0.0595. The van der Waals surface area contributed by atoms with Crippen LogP contribution in [0, 0.1) is 0 Å². The lowest BCUT2D eigenvalue weighted by Crippen LogP contribution is -2.44. The Morgan fingerprint density at radius 1 is 0.969 bits per heavy atom. The fraction of sp³-hybridized carbons (Fsp3) is 0.560. The lowest BCUT2D eigenvalue weighted by molar-refractivity contribution is -0.120. The minimum absolute atomic E-state index is 0.0595. The summed E-state index contributed by atoms with van der Waals surface area (Å²) >= 11 is 0. The number of piperazine rings is 1. The Labute approximate surface area is 194 Å². The Morgan fingerprint density at radius 2 is 1.62 bits per heavy atom. The van der Waals surface area contributed by atoms with Crippen LogP contribution in [0.15, 0.2) is 60.0 Å². The number of unbranched alkanes of at least 4 members (excludes halogenated alkanes) is 1. The second kappa shape index (κ2) is 15.2. The maximum absolute atomic E-state index is 12.1. The Bertz CT molecular complexity index is 717. The number of amides is 1. The Balaban J connectivity index is 2.53. The molecule has 0 spiro atoms. The topological polar surface area (TPSA) is 80.1 Å². The van der Waals surface area contributed by atoms with E-state index in [0.717, 1.165) is 69.0 Å². The number of nitrogens with one attached hydrogen (secondary N) is 1. The van der Waals surface area contributed by atoms with Gasteiger partial charge >= 0.3 is 0 Å². The van der Waals surface area contributed by atoms with Crippen LogP contribution in [0.1, 0.15) is 46.0 Å². The van der Waals surface area contributed by atoms with E-state index in [2.05, 4.69) is 34.4 Å². The molecule has 180 valence electrons. The van der Waals surface area contributed by atoms with Crippen molar-refractivity contribution in [3.63, 3.8) is 0 Å². The molecule has 1 amide bonds. The molecule has 1 aliphatic heterocycles. The quantitative estimate of drug-likeness (QED) is 0.241. The van der Waals surface area contributed by atoms with Crippen molar-refractivity contribution in [2.45, 2.75) is 46.0 Å². The molecule has 0 aromatic heterocycles. The van der Waals surface area contributed by atoms with Gasteiger partial charge in [-0.2, -0.15) is 0 Å². The van der Waals surface area contributed by atoms with Crippen LogP contribution in [0.2, 0.25) is 0 Å². The molecule has 1 aliphatic rings. The molecular formula is C25H42N4O3. The monoisotopic (exact) mass is 446 g/mol. The molecular weight excluding hydrogens is 404 g/mol. The standard InChI is InChI=1S/C25H42N4O3/c1-7-22(27-25(30)11-9-10-14-26)13-12-20(3)28-15-17-29(18-16-28)23(8-2)19-24(32-6)21(4)31-5/h7-8,19H,3-4,9-18,26H2,1-2,5-6H3,(H,27,30)/b22-7+,23-8+,24-19+. The normalized spacial score (nSPS) is 15.5. The van der Waals surface area contributed by atoms with Crippen LogP contribution in [0.3, 0.4) is 0 Å². The average molecular weight is 447 g/mol. The van der Waals surface area contributed by atoms with Crippen molar-refractivity contribution < 1.29 is 14.3 Å². The molecule has 1 rings (SSSR count). The minimum Gasteiger partial charge on any atom is -0.493 e. The third-order valence-electron chi connectivity index (χ3n) is 5.60. The number of nitrogens with two attached hydrogens (primary N) is 1. The van der Waals surface area contributed by atoms with Crippen LogP contribution in [0.5, 0.6) is 0 Å². The Morgan fingerprint density at radius 3 is 2.16 bits per heavy atom. The van der Waals surface area contributed by atoms with E-state index in [9.17, 15) is 4.79 Å². The van der Waals surface area contributed by atoms with Gasteiger partial charge in [0.15, 0.2) is 11.5 Å². The van der Waals surface area contributed by atoms with Crippen molar-refractivity contribution in [3.8, 4) is 0 Å². The van der Waals surface area contributed by atoms with Crippen LogP contribution in [-0.4, -0.2) is 62.7 Å². The van der Waals surface area contributed by atoms with Gasteiger partial charge in [0.05, 0.1) is 14.2 Å². The van der Waals surface area contributed by atoms with Crippen molar-refractivity contribution in [3.05, 3.63) is 60.0 Å². The smallest absolute Gasteiger partial charge is 0.224 e. The molecule has 0 saturated carbocycles. The summed E-state index contributed by atoms with van der Waals surface area (Å²) in [7, 11) is 3.20. The summed E-state index contributed by atoms with van der Waals surface area (Å²) in [4.78, 5) is 16.7. The molecule has 0 radical (unpaired) electrons. The van der Waals surface area contributed by atoms with Gasteiger partial charge in [0.25, 0.3) is 0 Å². The molecule has 0 aromatic rings. The molecule has 0 bridgehead atoms. The third kappa shape index (κ3) is 9.22. The number of hydrogen-bond acceptors (Lipinski definition) is 6. The second-order valence-electron chi connectivity index (χ2n) is 7.70. The molecule has 1 fully saturated rings. The molecule has 7 nitrogen and oxygen atoms in total. The van der Waals surface area contributed by atoms with E-state index in [0.29, 0.717) is 24.5 Å². The predicted octanol–water partition coefficient (Wildman–Crippen LogP) is 3.64. The molecule has 0 aromatic carbocycles. The maximum atomic E-state index is 12.1. The van der Waals surface area contributed by atoms with Crippen LogP contribution in [-0.2, 0) is 14.3 Å². The van der Waals surface area contributed by atoms with Crippen LogP contribution >= 0.6 is 0 Å². The SMILES string of the molecule is C=C(OC)/C(=C\C(=C/C)N1CCN(C(=C)CC/C(=C\C)NC(=O)CCCCN)CC1)OC. The van der Waals surface area contributed by atoms with Gasteiger partial charge in [0.2, 0.25) is 5.91 Å². The van der Waals surface area contributed by atoms with Crippen molar-refractivity contribution >= 4 is 5.91 Å². The first-order chi connectivity index (χ1) is 15.4. The predicted molar refractivity (Wildman–Crippen MR) is 131 cm³/mol. The Kier molecular flexibility index (Phi) is 13.0. The van der Waals surface area contributed by atoms with Gasteiger partial charge in [-0.3, -0.25) is 4.79 Å². The number of nitrogens with zero attached hydrogens (tertiary/aromatic N) is 2. The van der Waals surface area contributed by atoms with Gasteiger partial charge in [-0.1, -0.05) is 25.3 Å². The molecule has 7 heteroatoms. The molecule has 3 N–H and O–H groups in total. The van der Waals surface area contributed by atoms with Crippen molar-refractivity contribution in [1.82, 2.24) is 15.1 Å². The van der Waals surface area contributed by atoms with Gasteiger partial charge in [0, 0.05) is 55.8 Å². The molecule has 0 unspecified atom stereocenters. The summed E-state index contributed by atoms with van der Waals surface area (Å²) in [5.41, 5.74) is 8.63. The van der Waals surface area contributed by atoms with Gasteiger partial charge in [-0.05, 0) is 46.1 Å². The number of allylic oxidation sites excluding steroid dienone is 5. The second-order valence-corrected chi connectivity index (χ2v) is 7.70. The van der Waals surface area contributed by atoms with E-state index in [1.165, 1.54) is 0 Å². The zero-order chi connectivity index (χ0) is 23.9. The third-order valence-corrected chi connectivity index (χ3v) is 5.60. The summed E-state index contributed by atoms with van der Waals surface area (Å²) < 4.78 is 10.6. The van der Waals surface area contributed by atoms with E-state index in [1.54, 1.807) is 14.2 Å². The lowest BCUT2D eigenvalue weighted by Gasteiger charge is -2.39. The molecule has 0 aliphatic carbocycles. The summed E-state index contributed by atoms with van der Waals surface area (Å²) in [6, 6.07) is 0. The van der Waals surface area contributed by atoms with Gasteiger partial charge in [-0.25, -0.2) is 0 Å². The van der Waals surface area contributed by atoms with Gasteiger partial charge < -0.3 is 30.3 Å². The van der Waals surface area contributed by atoms with Gasteiger partial charge in [-0.15, -0.1) is 0 Å².